The third-order valence-electron chi connectivity index (χ3n) is 4.03. The number of benzene rings is 2. The average Bonchev–Trinajstić information content (AvgIpc) is 3.09. The van der Waals surface area contributed by atoms with Crippen LogP contribution >= 0.6 is 0 Å². The predicted molar refractivity (Wildman–Crippen MR) is 93.5 cm³/mol. The van der Waals surface area contributed by atoms with Crippen molar-refractivity contribution in [1.82, 2.24) is 5.32 Å². The monoisotopic (exact) mass is 323 g/mol. The smallest absolute Gasteiger partial charge is 0.224 e. The lowest BCUT2D eigenvalue weighted by Crippen LogP contribution is -2.34. The molecule has 0 aliphatic rings. The molecule has 0 aliphatic carbocycles. The number of aliphatic hydroxyl groups is 1. The summed E-state index contributed by atoms with van der Waals surface area (Å²) in [6.07, 6.45) is 1.56. The molecule has 0 spiro atoms. The summed E-state index contributed by atoms with van der Waals surface area (Å²) in [5.74, 6) is 0.468. The van der Waals surface area contributed by atoms with Crippen molar-refractivity contribution >= 4 is 16.7 Å². The predicted octanol–water partition coefficient (Wildman–Crippen LogP) is 3.60. The molecule has 1 aromatic heterocycles. The minimum atomic E-state index is -0.712. The van der Waals surface area contributed by atoms with Gasteiger partial charge in [-0.3, -0.25) is 4.79 Å². The Labute approximate surface area is 141 Å². The number of nitrogens with one attached hydrogen (secondary N) is 1. The molecule has 0 bridgehead atoms. The molecule has 0 radical (unpaired) electrons. The van der Waals surface area contributed by atoms with E-state index in [-0.39, 0.29) is 11.9 Å². The fraction of sp³-hybridized carbons (Fsp3) is 0.250. The maximum Gasteiger partial charge on any atom is 0.224 e. The van der Waals surface area contributed by atoms with Crippen molar-refractivity contribution in [3.63, 3.8) is 0 Å². The van der Waals surface area contributed by atoms with Crippen molar-refractivity contribution < 1.29 is 14.3 Å². The lowest BCUT2D eigenvalue weighted by Gasteiger charge is -2.16. The Morgan fingerprint density at radius 2 is 1.92 bits per heavy atom. The zero-order valence-electron chi connectivity index (χ0n) is 13.6. The second kappa shape index (κ2) is 7.32. The summed E-state index contributed by atoms with van der Waals surface area (Å²) in [7, 11) is 0. The maximum atomic E-state index is 12.2. The number of hydrogen-bond donors (Lipinski definition) is 2. The summed E-state index contributed by atoms with van der Waals surface area (Å²) in [6.45, 7) is 1.88. The Hall–Kier alpha value is -2.59. The maximum absolute atomic E-state index is 12.2. The van der Waals surface area contributed by atoms with Crippen molar-refractivity contribution in [2.24, 2.45) is 0 Å². The second-order valence-electron chi connectivity index (χ2n) is 6.09. The number of rotatable bonds is 6. The highest BCUT2D eigenvalue weighted by molar-refractivity contribution is 5.85. The molecule has 1 amide bonds. The van der Waals surface area contributed by atoms with Crippen molar-refractivity contribution in [3.8, 4) is 0 Å². The summed E-state index contributed by atoms with van der Waals surface area (Å²) in [6, 6.07) is 17.5. The van der Waals surface area contributed by atoms with Crippen LogP contribution in [0.5, 0.6) is 0 Å². The average molecular weight is 323 g/mol. The van der Waals surface area contributed by atoms with Gasteiger partial charge in [0.2, 0.25) is 5.91 Å². The van der Waals surface area contributed by atoms with Gasteiger partial charge < -0.3 is 14.8 Å². The summed E-state index contributed by atoms with van der Waals surface area (Å²) in [5.41, 5.74) is 0.977. The van der Waals surface area contributed by atoms with Gasteiger partial charge in [-0.25, -0.2) is 0 Å². The van der Waals surface area contributed by atoms with E-state index < -0.39 is 6.10 Å². The van der Waals surface area contributed by atoms with Crippen molar-refractivity contribution in [3.05, 3.63) is 72.2 Å². The first kappa shape index (κ1) is 16.3. The van der Waals surface area contributed by atoms with Crippen LogP contribution in [0.1, 0.15) is 30.8 Å². The van der Waals surface area contributed by atoms with E-state index in [1.165, 1.54) is 6.26 Å². The second-order valence-corrected chi connectivity index (χ2v) is 6.09. The van der Waals surface area contributed by atoms with Crippen LogP contribution < -0.4 is 5.32 Å². The van der Waals surface area contributed by atoms with Gasteiger partial charge in [0.1, 0.15) is 11.9 Å². The van der Waals surface area contributed by atoms with E-state index in [0.717, 1.165) is 16.3 Å². The number of carbonyl (C=O) groups is 1. The molecule has 4 heteroatoms. The Morgan fingerprint density at radius 1 is 1.12 bits per heavy atom. The first-order chi connectivity index (χ1) is 11.6. The minimum Gasteiger partial charge on any atom is -0.467 e. The van der Waals surface area contributed by atoms with Gasteiger partial charge in [-0.05, 0) is 35.4 Å². The fourth-order valence-electron chi connectivity index (χ4n) is 2.85. The van der Waals surface area contributed by atoms with Crippen LogP contribution in [0.2, 0.25) is 0 Å². The van der Waals surface area contributed by atoms with Crippen LogP contribution in [0.25, 0.3) is 10.8 Å². The molecule has 3 rings (SSSR count). The number of fused-ring (bicyclic) bond motifs is 1. The van der Waals surface area contributed by atoms with E-state index in [0.29, 0.717) is 18.6 Å². The molecule has 2 unspecified atom stereocenters. The minimum absolute atomic E-state index is 0.0515. The van der Waals surface area contributed by atoms with Crippen LogP contribution in [-0.4, -0.2) is 17.1 Å². The van der Waals surface area contributed by atoms with E-state index in [1.807, 2.05) is 43.3 Å². The zero-order valence-corrected chi connectivity index (χ0v) is 13.6. The molecular formula is C20H21NO3. The van der Waals surface area contributed by atoms with Gasteiger partial charge >= 0.3 is 0 Å². The Bertz CT molecular complexity index is 811. The molecule has 24 heavy (non-hydrogen) atoms. The van der Waals surface area contributed by atoms with Crippen LogP contribution in [-0.2, 0) is 11.2 Å². The number of amides is 1. The molecule has 1 heterocycles. The number of aliphatic hydroxyl groups excluding tert-OH is 1. The van der Waals surface area contributed by atoms with Gasteiger partial charge in [-0.2, -0.15) is 0 Å². The molecule has 4 nitrogen and oxygen atoms in total. The summed E-state index contributed by atoms with van der Waals surface area (Å²) in [5, 5.41) is 15.3. The first-order valence-corrected chi connectivity index (χ1v) is 8.10. The molecule has 0 saturated carbocycles. The van der Waals surface area contributed by atoms with Crippen LogP contribution in [0, 0.1) is 0 Å². The van der Waals surface area contributed by atoms with Crippen molar-refractivity contribution in [2.75, 3.05) is 0 Å². The van der Waals surface area contributed by atoms with Gasteiger partial charge in [0, 0.05) is 12.5 Å². The van der Waals surface area contributed by atoms with E-state index >= 15 is 0 Å². The Balaban J connectivity index is 1.56. The highest BCUT2D eigenvalue weighted by Gasteiger charge is 2.16. The third-order valence-corrected chi connectivity index (χ3v) is 4.03. The SMILES string of the molecule is CC(CC(O)c1ccco1)NC(=O)Cc1ccc2ccccc2c1. The summed E-state index contributed by atoms with van der Waals surface area (Å²) in [4.78, 5) is 12.2. The molecule has 0 saturated heterocycles. The topological polar surface area (TPSA) is 62.5 Å². The molecular weight excluding hydrogens is 302 g/mol. The fourth-order valence-corrected chi connectivity index (χ4v) is 2.85. The third kappa shape index (κ3) is 4.03. The highest BCUT2D eigenvalue weighted by Crippen LogP contribution is 2.19. The molecule has 124 valence electrons. The highest BCUT2D eigenvalue weighted by atomic mass is 16.4. The van der Waals surface area contributed by atoms with E-state index in [4.69, 9.17) is 4.42 Å². The molecule has 2 aromatic carbocycles. The van der Waals surface area contributed by atoms with E-state index in [2.05, 4.69) is 11.4 Å². The Morgan fingerprint density at radius 3 is 2.67 bits per heavy atom. The molecule has 2 atom stereocenters. The number of carbonyl (C=O) groups excluding carboxylic acids is 1. The van der Waals surface area contributed by atoms with Gasteiger partial charge in [-0.1, -0.05) is 42.5 Å². The lowest BCUT2D eigenvalue weighted by molar-refractivity contribution is -0.121. The Kier molecular flexibility index (Phi) is 4.96. The quantitative estimate of drug-likeness (QED) is 0.728. The molecule has 3 aromatic rings. The zero-order chi connectivity index (χ0) is 16.9. The molecule has 0 aliphatic heterocycles. The van der Waals surface area contributed by atoms with Crippen LogP contribution in [0.15, 0.2) is 65.3 Å². The van der Waals surface area contributed by atoms with Gasteiger partial charge in [0.25, 0.3) is 0 Å². The summed E-state index contributed by atoms with van der Waals surface area (Å²) >= 11 is 0. The van der Waals surface area contributed by atoms with Crippen LogP contribution in [0.3, 0.4) is 0 Å². The standard InChI is InChI=1S/C20H21NO3/c1-14(11-18(22)19-7-4-10-24-19)21-20(23)13-15-8-9-16-5-2-3-6-17(16)12-15/h2-10,12,14,18,22H,11,13H2,1H3,(H,21,23). The van der Waals surface area contributed by atoms with Crippen molar-refractivity contribution in [1.29, 1.82) is 0 Å². The van der Waals surface area contributed by atoms with E-state index in [9.17, 15) is 9.90 Å². The summed E-state index contributed by atoms with van der Waals surface area (Å²) < 4.78 is 5.17. The van der Waals surface area contributed by atoms with E-state index in [1.54, 1.807) is 12.1 Å². The van der Waals surface area contributed by atoms with Crippen molar-refractivity contribution in [2.45, 2.75) is 31.9 Å². The van der Waals surface area contributed by atoms with Crippen LogP contribution in [0.4, 0.5) is 0 Å². The van der Waals surface area contributed by atoms with Gasteiger partial charge in [0.15, 0.2) is 0 Å². The first-order valence-electron chi connectivity index (χ1n) is 8.10. The molecule has 2 N–H and O–H groups in total. The lowest BCUT2D eigenvalue weighted by atomic mass is 10.0. The number of furan rings is 1. The number of hydrogen-bond acceptors (Lipinski definition) is 3. The molecule has 0 fully saturated rings. The largest absolute Gasteiger partial charge is 0.467 e. The van der Waals surface area contributed by atoms with Gasteiger partial charge in [-0.15, -0.1) is 0 Å². The normalized spacial score (nSPS) is 13.6. The van der Waals surface area contributed by atoms with Gasteiger partial charge in [0.05, 0.1) is 12.7 Å².